The molecule has 104 valence electrons. The van der Waals surface area contributed by atoms with Crippen LogP contribution in [0.15, 0.2) is 12.4 Å². The molecule has 7 heteroatoms. The first kappa shape index (κ1) is 13.8. The Kier molecular flexibility index (Phi) is 4.39. The van der Waals surface area contributed by atoms with Crippen molar-refractivity contribution in [1.29, 1.82) is 0 Å². The maximum absolute atomic E-state index is 5.31. The third kappa shape index (κ3) is 3.24. The number of ether oxygens (including phenoxy) is 1. The van der Waals surface area contributed by atoms with E-state index in [0.29, 0.717) is 12.4 Å². The zero-order chi connectivity index (χ0) is 13.8. The average Bonchev–Trinajstić information content (AvgIpc) is 3.04. The fourth-order valence-electron chi connectivity index (χ4n) is 1.65. The molecule has 2 aromatic heterocycles. The van der Waals surface area contributed by atoms with Crippen molar-refractivity contribution in [3.8, 4) is 5.88 Å². The SMILES string of the molecule is COc1nc(N(C)C)sc1CNC(C)c1ncc[nH]1. The molecule has 1 unspecified atom stereocenters. The monoisotopic (exact) mass is 281 g/mol. The second-order valence-corrected chi connectivity index (χ2v) is 5.46. The van der Waals surface area contributed by atoms with Crippen molar-refractivity contribution in [2.24, 2.45) is 0 Å². The molecule has 0 bridgehead atoms. The number of aromatic amines is 1. The van der Waals surface area contributed by atoms with Gasteiger partial charge in [0, 0.05) is 33.0 Å². The van der Waals surface area contributed by atoms with Crippen molar-refractivity contribution in [1.82, 2.24) is 20.3 Å². The van der Waals surface area contributed by atoms with Crippen LogP contribution in [-0.4, -0.2) is 36.2 Å². The highest BCUT2D eigenvalue weighted by Crippen LogP contribution is 2.30. The normalized spacial score (nSPS) is 12.4. The number of nitrogens with one attached hydrogen (secondary N) is 2. The van der Waals surface area contributed by atoms with Crippen LogP contribution in [0, 0.1) is 0 Å². The molecule has 2 N–H and O–H groups in total. The minimum absolute atomic E-state index is 0.157. The summed E-state index contributed by atoms with van der Waals surface area (Å²) in [5.74, 6) is 1.61. The van der Waals surface area contributed by atoms with Gasteiger partial charge in [0.15, 0.2) is 5.13 Å². The number of H-pyrrole nitrogens is 1. The molecule has 19 heavy (non-hydrogen) atoms. The predicted molar refractivity (Wildman–Crippen MR) is 76.8 cm³/mol. The molecular weight excluding hydrogens is 262 g/mol. The molecule has 0 radical (unpaired) electrons. The topological polar surface area (TPSA) is 66.1 Å². The van der Waals surface area contributed by atoms with E-state index in [2.05, 4.69) is 27.2 Å². The minimum Gasteiger partial charge on any atom is -0.480 e. The highest BCUT2D eigenvalue weighted by atomic mass is 32.1. The molecule has 0 saturated carbocycles. The van der Waals surface area contributed by atoms with Crippen LogP contribution in [0.3, 0.4) is 0 Å². The Morgan fingerprint density at radius 1 is 1.53 bits per heavy atom. The summed E-state index contributed by atoms with van der Waals surface area (Å²) in [6.07, 6.45) is 3.58. The molecular formula is C12H19N5OS. The van der Waals surface area contributed by atoms with Crippen LogP contribution in [0.4, 0.5) is 5.13 Å². The van der Waals surface area contributed by atoms with Crippen LogP contribution in [0.1, 0.15) is 23.7 Å². The van der Waals surface area contributed by atoms with E-state index in [9.17, 15) is 0 Å². The Morgan fingerprint density at radius 2 is 2.32 bits per heavy atom. The summed E-state index contributed by atoms with van der Waals surface area (Å²) in [6, 6.07) is 0.157. The van der Waals surface area contributed by atoms with Gasteiger partial charge in [0.2, 0.25) is 5.88 Å². The van der Waals surface area contributed by atoms with E-state index in [1.807, 2.05) is 25.2 Å². The molecule has 0 fully saturated rings. The second-order valence-electron chi connectivity index (χ2n) is 4.40. The van der Waals surface area contributed by atoms with Gasteiger partial charge in [0.25, 0.3) is 0 Å². The van der Waals surface area contributed by atoms with Gasteiger partial charge in [-0.05, 0) is 6.92 Å². The van der Waals surface area contributed by atoms with Crippen LogP contribution in [0.25, 0.3) is 0 Å². The fraction of sp³-hybridized carbons (Fsp3) is 0.500. The van der Waals surface area contributed by atoms with Crippen molar-refractivity contribution >= 4 is 16.5 Å². The summed E-state index contributed by atoms with van der Waals surface area (Å²) < 4.78 is 5.31. The third-order valence-electron chi connectivity index (χ3n) is 2.72. The number of anilines is 1. The molecule has 0 aliphatic rings. The first-order valence-electron chi connectivity index (χ1n) is 6.05. The van der Waals surface area contributed by atoms with Crippen LogP contribution in [0.5, 0.6) is 5.88 Å². The molecule has 2 heterocycles. The molecule has 0 spiro atoms. The molecule has 0 aliphatic carbocycles. The minimum atomic E-state index is 0.157. The zero-order valence-electron chi connectivity index (χ0n) is 11.6. The number of hydrogen-bond donors (Lipinski definition) is 2. The summed E-state index contributed by atoms with van der Waals surface area (Å²) in [7, 11) is 5.59. The lowest BCUT2D eigenvalue weighted by Gasteiger charge is -2.10. The van der Waals surface area contributed by atoms with Crippen LogP contribution >= 0.6 is 11.3 Å². The van der Waals surface area contributed by atoms with Crippen molar-refractivity contribution in [3.63, 3.8) is 0 Å². The fourth-order valence-corrected chi connectivity index (χ4v) is 2.55. The maximum atomic E-state index is 5.31. The van der Waals surface area contributed by atoms with Gasteiger partial charge in [-0.2, -0.15) is 4.98 Å². The number of imidazole rings is 1. The Hall–Kier alpha value is -1.60. The van der Waals surface area contributed by atoms with E-state index in [0.717, 1.165) is 15.8 Å². The first-order valence-corrected chi connectivity index (χ1v) is 6.87. The van der Waals surface area contributed by atoms with Gasteiger partial charge >= 0.3 is 0 Å². The van der Waals surface area contributed by atoms with Crippen LogP contribution < -0.4 is 15.0 Å². The second kappa shape index (κ2) is 6.03. The number of thiazole rings is 1. The highest BCUT2D eigenvalue weighted by molar-refractivity contribution is 7.15. The Morgan fingerprint density at radius 3 is 2.89 bits per heavy atom. The van der Waals surface area contributed by atoms with Crippen molar-refractivity contribution in [2.75, 3.05) is 26.1 Å². The van der Waals surface area contributed by atoms with E-state index in [1.165, 1.54) is 0 Å². The first-order chi connectivity index (χ1) is 9.11. The van der Waals surface area contributed by atoms with Gasteiger partial charge in [-0.1, -0.05) is 11.3 Å². The van der Waals surface area contributed by atoms with Gasteiger partial charge in [-0.25, -0.2) is 4.98 Å². The highest BCUT2D eigenvalue weighted by Gasteiger charge is 2.14. The van der Waals surface area contributed by atoms with Gasteiger partial charge < -0.3 is 19.9 Å². The van der Waals surface area contributed by atoms with Gasteiger partial charge in [-0.3, -0.25) is 0 Å². The number of hydrogen-bond acceptors (Lipinski definition) is 6. The summed E-state index contributed by atoms with van der Waals surface area (Å²) in [5.41, 5.74) is 0. The Labute approximate surface area is 116 Å². The van der Waals surface area contributed by atoms with Crippen LogP contribution in [0.2, 0.25) is 0 Å². The number of rotatable bonds is 6. The average molecular weight is 281 g/mol. The molecule has 2 rings (SSSR count). The maximum Gasteiger partial charge on any atom is 0.230 e. The van der Waals surface area contributed by atoms with E-state index < -0.39 is 0 Å². The lowest BCUT2D eigenvalue weighted by atomic mass is 10.3. The number of methoxy groups -OCH3 is 1. The summed E-state index contributed by atoms with van der Waals surface area (Å²) >= 11 is 1.63. The predicted octanol–water partition coefficient (Wildman–Crippen LogP) is 1.79. The smallest absolute Gasteiger partial charge is 0.230 e. The molecule has 0 aliphatic heterocycles. The zero-order valence-corrected chi connectivity index (χ0v) is 12.4. The quantitative estimate of drug-likeness (QED) is 0.845. The van der Waals surface area contributed by atoms with Crippen molar-refractivity contribution in [3.05, 3.63) is 23.1 Å². The van der Waals surface area contributed by atoms with E-state index >= 15 is 0 Å². The van der Waals surface area contributed by atoms with Crippen LogP contribution in [-0.2, 0) is 6.54 Å². The summed E-state index contributed by atoms with van der Waals surface area (Å²) in [4.78, 5) is 14.8. The number of aromatic nitrogens is 3. The molecule has 0 aromatic carbocycles. The van der Waals surface area contributed by atoms with E-state index in [4.69, 9.17) is 4.74 Å². The van der Waals surface area contributed by atoms with Gasteiger partial charge in [0.1, 0.15) is 5.82 Å². The summed E-state index contributed by atoms with van der Waals surface area (Å²) in [6.45, 7) is 2.77. The molecule has 2 aromatic rings. The van der Waals surface area contributed by atoms with E-state index in [-0.39, 0.29) is 6.04 Å². The van der Waals surface area contributed by atoms with Gasteiger partial charge in [-0.15, -0.1) is 0 Å². The summed E-state index contributed by atoms with van der Waals surface area (Å²) in [5, 5.41) is 4.35. The largest absolute Gasteiger partial charge is 0.480 e. The molecule has 0 amide bonds. The Balaban J connectivity index is 2.02. The van der Waals surface area contributed by atoms with Gasteiger partial charge in [0.05, 0.1) is 18.0 Å². The third-order valence-corrected chi connectivity index (χ3v) is 3.93. The van der Waals surface area contributed by atoms with Crippen molar-refractivity contribution in [2.45, 2.75) is 19.5 Å². The number of nitrogens with zero attached hydrogens (tertiary/aromatic N) is 3. The Bertz CT molecular complexity index is 508. The lowest BCUT2D eigenvalue weighted by molar-refractivity contribution is 0.393. The molecule has 0 saturated heterocycles. The van der Waals surface area contributed by atoms with Crippen molar-refractivity contribution < 1.29 is 4.74 Å². The van der Waals surface area contributed by atoms with E-state index in [1.54, 1.807) is 24.6 Å². The standard InChI is InChI=1S/C12H19N5OS/c1-8(10-13-5-6-14-10)15-7-9-11(18-4)16-12(19-9)17(2)3/h5-6,8,15H,7H2,1-4H3,(H,13,14). The molecule has 6 nitrogen and oxygen atoms in total. The molecule has 1 atom stereocenters. The lowest BCUT2D eigenvalue weighted by Crippen LogP contribution is -2.18.